The average Bonchev–Trinajstić information content (AvgIpc) is 3.61. The zero-order valence-electron chi connectivity index (χ0n) is 24.8. The largest absolute Gasteiger partial charge is 0.348 e. The van der Waals surface area contributed by atoms with Crippen molar-refractivity contribution in [3.8, 4) is 0 Å². The summed E-state index contributed by atoms with van der Waals surface area (Å²) in [6.07, 6.45) is 10.9. The summed E-state index contributed by atoms with van der Waals surface area (Å²) in [5.41, 5.74) is 1.53. The van der Waals surface area contributed by atoms with Gasteiger partial charge in [0, 0.05) is 55.2 Å². The van der Waals surface area contributed by atoms with Crippen LogP contribution in [0.2, 0.25) is 0 Å². The van der Waals surface area contributed by atoms with Gasteiger partial charge in [-0.2, -0.15) is 5.10 Å². The van der Waals surface area contributed by atoms with Gasteiger partial charge in [-0.3, -0.25) is 14.4 Å². The predicted octanol–water partition coefficient (Wildman–Crippen LogP) is 3.92. The molecule has 1 saturated carbocycles. The molecule has 3 aliphatic heterocycles. The predicted molar refractivity (Wildman–Crippen MR) is 162 cm³/mol. The van der Waals surface area contributed by atoms with Crippen LogP contribution in [-0.4, -0.2) is 90.0 Å². The number of hydrogen-bond acceptors (Lipinski definition) is 6. The van der Waals surface area contributed by atoms with E-state index in [1.54, 1.807) is 0 Å². The zero-order valence-corrected chi connectivity index (χ0v) is 25.6. The van der Waals surface area contributed by atoms with Gasteiger partial charge in [0.2, 0.25) is 10.0 Å². The van der Waals surface area contributed by atoms with E-state index < -0.39 is 10.0 Å². The van der Waals surface area contributed by atoms with Gasteiger partial charge < -0.3 is 10.2 Å². The van der Waals surface area contributed by atoms with E-state index in [4.69, 9.17) is 5.10 Å². The van der Waals surface area contributed by atoms with Gasteiger partial charge in [0.1, 0.15) is 0 Å². The van der Waals surface area contributed by atoms with Gasteiger partial charge in [0.25, 0.3) is 5.91 Å². The molecule has 2 N–H and O–H groups in total. The second-order valence-electron chi connectivity index (χ2n) is 13.4. The van der Waals surface area contributed by atoms with Crippen molar-refractivity contribution in [2.24, 2.45) is 5.92 Å². The molecule has 4 fully saturated rings. The van der Waals surface area contributed by atoms with Crippen molar-refractivity contribution in [1.82, 2.24) is 29.6 Å². The molecule has 1 aromatic carbocycles. The zero-order chi connectivity index (χ0) is 28.6. The highest BCUT2D eigenvalue weighted by Gasteiger charge is 2.41. The lowest BCUT2D eigenvalue weighted by molar-refractivity contribution is 0.0817. The van der Waals surface area contributed by atoms with Crippen molar-refractivity contribution in [2.45, 2.75) is 108 Å². The molecule has 4 atom stereocenters. The van der Waals surface area contributed by atoms with Crippen LogP contribution in [0.3, 0.4) is 0 Å². The van der Waals surface area contributed by atoms with E-state index in [0.29, 0.717) is 29.4 Å². The third-order valence-corrected chi connectivity index (χ3v) is 11.6. The molecule has 6 rings (SSSR count). The van der Waals surface area contributed by atoms with Crippen LogP contribution in [0.15, 0.2) is 24.3 Å². The molecular formula is C31H48N6O3S. The van der Waals surface area contributed by atoms with Crippen molar-refractivity contribution >= 4 is 26.8 Å². The fourth-order valence-electron chi connectivity index (χ4n) is 8.02. The summed E-state index contributed by atoms with van der Waals surface area (Å²) in [6.45, 7) is 7.93. The number of amides is 1. The number of likely N-dealkylation sites (tertiary alicyclic amines) is 1. The maximum absolute atomic E-state index is 13.4. The number of carbonyl (C=O) groups excluding carboxylic acids is 1. The van der Waals surface area contributed by atoms with E-state index in [2.05, 4.69) is 33.7 Å². The lowest BCUT2D eigenvalue weighted by Gasteiger charge is -2.39. The molecule has 3 saturated heterocycles. The minimum Gasteiger partial charge on any atom is -0.348 e. The minimum atomic E-state index is -3.21. The molecule has 2 bridgehead atoms. The maximum atomic E-state index is 13.4. The van der Waals surface area contributed by atoms with E-state index in [9.17, 15) is 13.2 Å². The Bertz CT molecular complexity index is 1310. The first-order valence-electron chi connectivity index (χ1n) is 16.0. The van der Waals surface area contributed by atoms with E-state index >= 15 is 0 Å². The Balaban J connectivity index is 0.979. The molecule has 1 aromatic heterocycles. The first-order valence-corrected chi connectivity index (χ1v) is 17.7. The van der Waals surface area contributed by atoms with Gasteiger partial charge >= 0.3 is 0 Å². The standard InChI is InChI=1S/C31H48N6O3S/c1-22(2)37-29-11-7-6-10-28(29)30(33-37)31(38)32-25-18-26-12-13-27(19-25)36(26)17-16-35-15-14-24(20-35)34-41(39,40)21-23-8-4-3-5-9-23/h6-7,10-11,22-27,34H,3-5,8-9,12-21H2,1-2H3,(H,32,38)/t24-,25-,26-,27+/m1/s1. The first kappa shape index (κ1) is 29.1. The lowest BCUT2D eigenvalue weighted by atomic mass is 9.91. The van der Waals surface area contributed by atoms with Crippen molar-refractivity contribution < 1.29 is 13.2 Å². The summed E-state index contributed by atoms with van der Waals surface area (Å²) in [4.78, 5) is 18.4. The number of carbonyl (C=O) groups is 1. The summed E-state index contributed by atoms with van der Waals surface area (Å²) < 4.78 is 30.5. The van der Waals surface area contributed by atoms with Crippen LogP contribution >= 0.6 is 0 Å². The van der Waals surface area contributed by atoms with Crippen molar-refractivity contribution in [3.05, 3.63) is 30.0 Å². The van der Waals surface area contributed by atoms with Crippen LogP contribution in [0.1, 0.15) is 94.6 Å². The quantitative estimate of drug-likeness (QED) is 0.439. The third kappa shape index (κ3) is 6.65. The van der Waals surface area contributed by atoms with E-state index in [1.807, 2.05) is 28.9 Å². The molecule has 10 heteroatoms. The summed E-state index contributed by atoms with van der Waals surface area (Å²) in [5.74, 6) is 0.569. The molecule has 0 spiro atoms. The summed E-state index contributed by atoms with van der Waals surface area (Å²) >= 11 is 0. The SMILES string of the molecule is CC(C)n1nc(C(=O)N[C@@H]2C[C@H]3CC[C@@H](C2)N3CCN2CC[C@@H](NS(=O)(=O)CC3CCCCC3)C2)c2ccccc21. The molecule has 2 aromatic rings. The Labute approximate surface area is 245 Å². The summed E-state index contributed by atoms with van der Waals surface area (Å²) in [7, 11) is -3.21. The number of benzene rings is 1. The molecule has 9 nitrogen and oxygen atoms in total. The number of aromatic nitrogens is 2. The topological polar surface area (TPSA) is 99.6 Å². The number of nitrogens with zero attached hydrogens (tertiary/aromatic N) is 4. The number of para-hydroxylation sites is 1. The third-order valence-electron chi connectivity index (χ3n) is 10.0. The molecule has 1 aliphatic carbocycles. The van der Waals surface area contributed by atoms with Crippen LogP contribution in [0.25, 0.3) is 10.9 Å². The summed E-state index contributed by atoms with van der Waals surface area (Å²) in [5, 5.41) is 8.95. The monoisotopic (exact) mass is 584 g/mol. The Hall–Kier alpha value is -2.01. The van der Waals surface area contributed by atoms with Crippen LogP contribution in [0.5, 0.6) is 0 Å². The van der Waals surface area contributed by atoms with Crippen molar-refractivity contribution in [1.29, 1.82) is 0 Å². The van der Waals surface area contributed by atoms with Gasteiger partial charge in [-0.25, -0.2) is 13.1 Å². The highest BCUT2D eigenvalue weighted by molar-refractivity contribution is 7.89. The molecule has 1 amide bonds. The van der Waals surface area contributed by atoms with Crippen LogP contribution in [-0.2, 0) is 10.0 Å². The molecule has 0 radical (unpaired) electrons. The van der Waals surface area contributed by atoms with Gasteiger partial charge in [-0.15, -0.1) is 0 Å². The number of nitrogens with one attached hydrogen (secondary N) is 2. The van der Waals surface area contributed by atoms with Crippen LogP contribution in [0, 0.1) is 5.92 Å². The normalized spacial score (nSPS) is 28.2. The lowest BCUT2D eigenvalue weighted by Crippen LogP contribution is -2.52. The number of sulfonamides is 1. The first-order chi connectivity index (χ1) is 19.8. The number of piperidine rings is 1. The molecule has 4 aliphatic rings. The fraction of sp³-hybridized carbons (Fsp3) is 0.742. The molecular weight excluding hydrogens is 536 g/mol. The second kappa shape index (κ2) is 12.3. The van der Waals surface area contributed by atoms with Crippen molar-refractivity contribution in [2.75, 3.05) is 31.9 Å². The second-order valence-corrected chi connectivity index (χ2v) is 15.2. The van der Waals surface area contributed by atoms with Crippen LogP contribution < -0.4 is 10.0 Å². The molecule has 0 unspecified atom stereocenters. The Kier molecular flexibility index (Phi) is 8.73. The van der Waals surface area contributed by atoms with Gasteiger partial charge in [-0.05, 0) is 77.3 Å². The highest BCUT2D eigenvalue weighted by atomic mass is 32.2. The molecule has 41 heavy (non-hydrogen) atoms. The van der Waals surface area contributed by atoms with E-state index in [1.165, 1.54) is 32.1 Å². The smallest absolute Gasteiger partial charge is 0.272 e. The Morgan fingerprint density at radius 2 is 1.71 bits per heavy atom. The number of rotatable bonds is 10. The minimum absolute atomic E-state index is 0.0384. The Morgan fingerprint density at radius 3 is 2.44 bits per heavy atom. The fourth-order valence-corrected chi connectivity index (χ4v) is 9.77. The molecule has 226 valence electrons. The Morgan fingerprint density at radius 1 is 0.976 bits per heavy atom. The maximum Gasteiger partial charge on any atom is 0.272 e. The number of hydrogen-bond donors (Lipinski definition) is 2. The average molecular weight is 585 g/mol. The summed E-state index contributed by atoms with van der Waals surface area (Å²) in [6, 6.07) is 9.39. The van der Waals surface area contributed by atoms with Gasteiger partial charge in [0.05, 0.1) is 11.3 Å². The van der Waals surface area contributed by atoms with Crippen molar-refractivity contribution in [3.63, 3.8) is 0 Å². The highest BCUT2D eigenvalue weighted by Crippen LogP contribution is 2.36. The van der Waals surface area contributed by atoms with E-state index in [-0.39, 0.29) is 24.0 Å². The number of fused-ring (bicyclic) bond motifs is 3. The van der Waals surface area contributed by atoms with Gasteiger partial charge in [0.15, 0.2) is 5.69 Å². The van der Waals surface area contributed by atoms with Crippen LogP contribution in [0.4, 0.5) is 0 Å². The molecule has 4 heterocycles. The van der Waals surface area contributed by atoms with Gasteiger partial charge in [-0.1, -0.05) is 37.5 Å². The van der Waals surface area contributed by atoms with E-state index in [0.717, 1.165) is 69.2 Å².